The molecule has 1 heterocycles. The van der Waals surface area contributed by atoms with Gasteiger partial charge in [0.25, 0.3) is 0 Å². The summed E-state index contributed by atoms with van der Waals surface area (Å²) in [6, 6.07) is 2.93. The second-order valence-corrected chi connectivity index (χ2v) is 4.16. The van der Waals surface area contributed by atoms with Crippen LogP contribution in [0.25, 0.3) is 11.1 Å². The lowest BCUT2D eigenvalue weighted by molar-refractivity contribution is 0.381. The molecule has 2 rings (SSSR count). The molecule has 0 saturated carbocycles. The van der Waals surface area contributed by atoms with Crippen molar-refractivity contribution in [3.05, 3.63) is 46.9 Å². The first-order chi connectivity index (χ1) is 10.4. The number of ether oxygens (including phenoxy) is 1. The molecule has 0 atom stereocenters. The Morgan fingerprint density at radius 3 is 2.09 bits per heavy atom. The molecule has 1 aromatic carbocycles. The molecule has 8 heteroatoms. The van der Waals surface area contributed by atoms with E-state index in [-0.39, 0.29) is 23.4 Å². The summed E-state index contributed by atoms with van der Waals surface area (Å²) < 4.78 is 72.1. The highest BCUT2D eigenvalue weighted by Crippen LogP contribution is 2.34. The van der Waals surface area contributed by atoms with Crippen LogP contribution in [0.1, 0.15) is 5.56 Å². The molecule has 0 aliphatic heterocycles. The van der Waals surface area contributed by atoms with E-state index in [1.807, 2.05) is 0 Å². The minimum absolute atomic E-state index is 0.0255. The van der Waals surface area contributed by atoms with E-state index >= 15 is 0 Å². The molecule has 0 radical (unpaired) electrons. The van der Waals surface area contributed by atoms with Gasteiger partial charge in [0.05, 0.1) is 25.2 Å². The molecule has 0 saturated heterocycles. The third-order valence-electron chi connectivity index (χ3n) is 2.92. The molecule has 0 aliphatic rings. The van der Waals surface area contributed by atoms with Crippen molar-refractivity contribution in [3.63, 3.8) is 0 Å². The molecular weight excluding hydrogens is 307 g/mol. The van der Waals surface area contributed by atoms with E-state index in [0.29, 0.717) is 0 Å². The maximum absolute atomic E-state index is 13.8. The third kappa shape index (κ3) is 2.45. The van der Waals surface area contributed by atoms with Gasteiger partial charge in [0.2, 0.25) is 11.7 Å². The molecule has 1 aromatic heterocycles. The Balaban J connectivity index is 2.80. The van der Waals surface area contributed by atoms with Crippen molar-refractivity contribution in [3.8, 4) is 23.1 Å². The number of halogens is 5. The van der Waals surface area contributed by atoms with Crippen LogP contribution in [0.2, 0.25) is 0 Å². The number of hydrogen-bond donors (Lipinski definition) is 0. The summed E-state index contributed by atoms with van der Waals surface area (Å²) in [4.78, 5) is 3.68. The fourth-order valence-corrected chi connectivity index (χ4v) is 1.88. The number of nitriles is 1. The fourth-order valence-electron chi connectivity index (χ4n) is 1.88. The normalized spacial score (nSPS) is 10.4. The van der Waals surface area contributed by atoms with E-state index in [9.17, 15) is 22.0 Å². The second kappa shape index (κ2) is 5.97. The molecule has 0 spiro atoms. The first-order valence-electron chi connectivity index (χ1n) is 5.84. The molecule has 2 aromatic rings. The zero-order chi connectivity index (χ0) is 16.4. The molecule has 0 aliphatic carbocycles. The van der Waals surface area contributed by atoms with Gasteiger partial charge in [-0.3, -0.25) is 0 Å². The van der Waals surface area contributed by atoms with Crippen LogP contribution in [0.3, 0.4) is 0 Å². The first-order valence-corrected chi connectivity index (χ1v) is 5.84. The number of hydrogen-bond acceptors (Lipinski definition) is 3. The predicted octanol–water partition coefficient (Wildman–Crippen LogP) is 3.52. The molecule has 114 valence electrons. The van der Waals surface area contributed by atoms with Gasteiger partial charge < -0.3 is 4.74 Å². The van der Waals surface area contributed by atoms with Gasteiger partial charge in [-0.05, 0) is 5.56 Å². The van der Waals surface area contributed by atoms with Crippen molar-refractivity contribution in [1.82, 2.24) is 4.98 Å². The molecule has 0 N–H and O–H groups in total. The van der Waals surface area contributed by atoms with Crippen LogP contribution in [-0.2, 0) is 6.42 Å². The monoisotopic (exact) mass is 314 g/mol. The largest absolute Gasteiger partial charge is 0.481 e. The Morgan fingerprint density at radius 2 is 1.59 bits per heavy atom. The number of pyridine rings is 1. The number of aromatic nitrogens is 1. The van der Waals surface area contributed by atoms with Crippen molar-refractivity contribution in [2.45, 2.75) is 6.42 Å². The number of nitrogens with zero attached hydrogens (tertiary/aromatic N) is 2. The van der Waals surface area contributed by atoms with Crippen LogP contribution in [0.15, 0.2) is 12.3 Å². The highest BCUT2D eigenvalue weighted by molar-refractivity contribution is 5.69. The average molecular weight is 314 g/mol. The molecule has 0 amide bonds. The molecule has 0 unspecified atom stereocenters. The lowest BCUT2D eigenvalue weighted by atomic mass is 9.98. The van der Waals surface area contributed by atoms with E-state index in [0.717, 1.165) is 6.20 Å². The third-order valence-corrected chi connectivity index (χ3v) is 2.92. The quantitative estimate of drug-likeness (QED) is 0.495. The van der Waals surface area contributed by atoms with E-state index in [4.69, 9.17) is 10.00 Å². The second-order valence-electron chi connectivity index (χ2n) is 4.16. The summed E-state index contributed by atoms with van der Waals surface area (Å²) in [5, 5.41) is 8.74. The van der Waals surface area contributed by atoms with Gasteiger partial charge in [0, 0.05) is 17.8 Å². The van der Waals surface area contributed by atoms with Crippen LogP contribution in [0.5, 0.6) is 5.88 Å². The van der Waals surface area contributed by atoms with Gasteiger partial charge in [0.1, 0.15) is 0 Å². The van der Waals surface area contributed by atoms with Gasteiger partial charge >= 0.3 is 0 Å². The Labute approximate surface area is 121 Å². The standard InChI is InChI=1S/C14H7F5N2O/c1-22-8-4-6(2-3-20)7(5-21-8)9-10(15)12(17)14(19)13(18)11(9)16/h4-5H,2H2,1H3. The van der Waals surface area contributed by atoms with E-state index in [2.05, 4.69) is 4.98 Å². The summed E-state index contributed by atoms with van der Waals surface area (Å²) in [6.07, 6.45) is 0.567. The van der Waals surface area contributed by atoms with Gasteiger partial charge in [-0.2, -0.15) is 5.26 Å². The Morgan fingerprint density at radius 1 is 1.05 bits per heavy atom. The summed E-state index contributed by atoms with van der Waals surface area (Å²) in [5.41, 5.74) is -1.47. The smallest absolute Gasteiger partial charge is 0.213 e. The van der Waals surface area contributed by atoms with Crippen LogP contribution in [0.4, 0.5) is 22.0 Å². The maximum atomic E-state index is 13.8. The summed E-state index contributed by atoms with van der Waals surface area (Å²) in [6.45, 7) is 0. The SMILES string of the molecule is COc1cc(CC#N)c(-c2c(F)c(F)c(F)c(F)c2F)cn1. The number of methoxy groups -OCH3 is 1. The van der Waals surface area contributed by atoms with E-state index in [1.165, 1.54) is 13.2 Å². The molecule has 0 fully saturated rings. The minimum atomic E-state index is -2.25. The van der Waals surface area contributed by atoms with Crippen LogP contribution < -0.4 is 4.74 Å². The van der Waals surface area contributed by atoms with Crippen molar-refractivity contribution in [2.24, 2.45) is 0 Å². The summed E-state index contributed by atoms with van der Waals surface area (Å²) >= 11 is 0. The van der Waals surface area contributed by atoms with Gasteiger partial charge in [-0.15, -0.1) is 0 Å². The lowest BCUT2D eigenvalue weighted by Gasteiger charge is -2.12. The first kappa shape index (κ1) is 15.7. The number of benzene rings is 1. The maximum Gasteiger partial charge on any atom is 0.213 e. The minimum Gasteiger partial charge on any atom is -0.481 e. The van der Waals surface area contributed by atoms with E-state index in [1.54, 1.807) is 6.07 Å². The van der Waals surface area contributed by atoms with Gasteiger partial charge in [0.15, 0.2) is 23.3 Å². The lowest BCUT2D eigenvalue weighted by Crippen LogP contribution is -2.06. The number of rotatable bonds is 3. The molecule has 3 nitrogen and oxygen atoms in total. The highest BCUT2D eigenvalue weighted by Gasteiger charge is 2.28. The van der Waals surface area contributed by atoms with Crippen molar-refractivity contribution in [2.75, 3.05) is 7.11 Å². The van der Waals surface area contributed by atoms with Crippen molar-refractivity contribution in [1.29, 1.82) is 5.26 Å². The zero-order valence-electron chi connectivity index (χ0n) is 11.1. The molecular formula is C14H7F5N2O. The zero-order valence-corrected chi connectivity index (χ0v) is 11.1. The van der Waals surface area contributed by atoms with Crippen LogP contribution >= 0.6 is 0 Å². The molecule has 0 bridgehead atoms. The topological polar surface area (TPSA) is 45.9 Å². The summed E-state index contributed by atoms with van der Waals surface area (Å²) in [7, 11) is 1.27. The Bertz CT molecular complexity index is 757. The van der Waals surface area contributed by atoms with Crippen molar-refractivity contribution >= 4 is 0 Å². The summed E-state index contributed by atoms with van der Waals surface area (Å²) in [5.74, 6) is -10.3. The highest BCUT2D eigenvalue weighted by atomic mass is 19.2. The van der Waals surface area contributed by atoms with Gasteiger partial charge in [-0.25, -0.2) is 26.9 Å². The van der Waals surface area contributed by atoms with Crippen LogP contribution in [-0.4, -0.2) is 12.1 Å². The van der Waals surface area contributed by atoms with Crippen molar-refractivity contribution < 1.29 is 26.7 Å². The van der Waals surface area contributed by atoms with E-state index < -0.39 is 34.6 Å². The molecule has 22 heavy (non-hydrogen) atoms. The van der Waals surface area contributed by atoms with Gasteiger partial charge in [-0.1, -0.05) is 0 Å². The Hall–Kier alpha value is -2.69. The van der Waals surface area contributed by atoms with Crippen LogP contribution in [0, 0.1) is 40.4 Å². The average Bonchev–Trinajstić information content (AvgIpc) is 2.52. The Kier molecular flexibility index (Phi) is 4.26. The predicted molar refractivity (Wildman–Crippen MR) is 65.3 cm³/mol. The fraction of sp³-hybridized carbons (Fsp3) is 0.143.